The smallest absolute Gasteiger partial charge is 0.0291 e. The van der Waals surface area contributed by atoms with E-state index in [-0.39, 0.29) is 0 Å². The summed E-state index contributed by atoms with van der Waals surface area (Å²) in [6, 6.07) is 9.24. The molecule has 0 saturated carbocycles. The number of benzene rings is 1. The summed E-state index contributed by atoms with van der Waals surface area (Å²) in [4.78, 5) is 0. The number of rotatable bonds is 5. The molecule has 1 aromatic carbocycles. The van der Waals surface area contributed by atoms with E-state index in [2.05, 4.69) is 50.4 Å². The van der Waals surface area contributed by atoms with Crippen LogP contribution in [0.4, 0.5) is 0 Å². The minimum Gasteiger partial charge on any atom is -0.310 e. The maximum atomic E-state index is 3.52. The SMILES string of the molecule is CCCCN[C@@H](C)c1ccc(C)cc1. The molecule has 0 unspecified atom stereocenters. The van der Waals surface area contributed by atoms with Gasteiger partial charge in [0, 0.05) is 6.04 Å². The molecule has 0 fully saturated rings. The van der Waals surface area contributed by atoms with E-state index in [1.165, 1.54) is 24.0 Å². The van der Waals surface area contributed by atoms with Crippen molar-refractivity contribution in [2.45, 2.75) is 39.7 Å². The molecular weight excluding hydrogens is 170 g/mol. The van der Waals surface area contributed by atoms with Crippen LogP contribution in [0.25, 0.3) is 0 Å². The van der Waals surface area contributed by atoms with Gasteiger partial charge in [0.1, 0.15) is 0 Å². The molecular formula is C13H21N. The molecule has 1 nitrogen and oxygen atoms in total. The molecule has 0 aliphatic carbocycles. The predicted octanol–water partition coefficient (Wildman–Crippen LogP) is 3.45. The van der Waals surface area contributed by atoms with Crippen LogP contribution in [0.15, 0.2) is 24.3 Å². The van der Waals surface area contributed by atoms with Gasteiger partial charge in [0.05, 0.1) is 0 Å². The van der Waals surface area contributed by atoms with E-state index in [4.69, 9.17) is 0 Å². The zero-order valence-electron chi connectivity index (χ0n) is 9.51. The number of hydrogen-bond donors (Lipinski definition) is 1. The summed E-state index contributed by atoms with van der Waals surface area (Å²) in [6.45, 7) is 7.68. The molecule has 0 radical (unpaired) electrons. The Labute approximate surface area is 87.5 Å². The summed E-state index contributed by atoms with van der Waals surface area (Å²) in [5.41, 5.74) is 2.71. The summed E-state index contributed by atoms with van der Waals surface area (Å²) < 4.78 is 0. The highest BCUT2D eigenvalue weighted by Crippen LogP contribution is 2.12. The van der Waals surface area contributed by atoms with Gasteiger partial charge in [-0.25, -0.2) is 0 Å². The molecule has 0 amide bonds. The normalized spacial score (nSPS) is 12.8. The lowest BCUT2D eigenvalue weighted by atomic mass is 10.1. The lowest BCUT2D eigenvalue weighted by molar-refractivity contribution is 0.554. The van der Waals surface area contributed by atoms with E-state index in [0.29, 0.717) is 6.04 Å². The summed E-state index contributed by atoms with van der Waals surface area (Å²) in [5.74, 6) is 0. The fourth-order valence-corrected chi connectivity index (χ4v) is 1.47. The highest BCUT2D eigenvalue weighted by Gasteiger charge is 2.02. The van der Waals surface area contributed by atoms with Crippen molar-refractivity contribution in [2.75, 3.05) is 6.54 Å². The average molecular weight is 191 g/mol. The molecule has 0 spiro atoms. The zero-order valence-corrected chi connectivity index (χ0v) is 9.51. The Bertz CT molecular complexity index is 250. The van der Waals surface area contributed by atoms with Crippen LogP contribution >= 0.6 is 0 Å². The van der Waals surface area contributed by atoms with Gasteiger partial charge in [0.25, 0.3) is 0 Å². The first kappa shape index (κ1) is 11.3. The third kappa shape index (κ3) is 3.51. The molecule has 1 heteroatoms. The summed E-state index contributed by atoms with van der Waals surface area (Å²) in [6.07, 6.45) is 2.52. The Hall–Kier alpha value is -0.820. The van der Waals surface area contributed by atoms with E-state index >= 15 is 0 Å². The van der Waals surface area contributed by atoms with Gasteiger partial charge in [-0.15, -0.1) is 0 Å². The van der Waals surface area contributed by atoms with E-state index in [1.807, 2.05) is 0 Å². The van der Waals surface area contributed by atoms with Crippen LogP contribution in [0.1, 0.15) is 43.9 Å². The quantitative estimate of drug-likeness (QED) is 0.703. The van der Waals surface area contributed by atoms with Crippen molar-refractivity contribution in [3.63, 3.8) is 0 Å². The van der Waals surface area contributed by atoms with E-state index in [0.717, 1.165) is 6.54 Å². The first-order chi connectivity index (χ1) is 6.74. The third-order valence-electron chi connectivity index (χ3n) is 2.56. The average Bonchev–Trinajstić information content (AvgIpc) is 2.19. The van der Waals surface area contributed by atoms with Crippen LogP contribution in [0.3, 0.4) is 0 Å². The van der Waals surface area contributed by atoms with Gasteiger partial charge in [-0.1, -0.05) is 43.2 Å². The molecule has 1 rings (SSSR count). The van der Waals surface area contributed by atoms with Crippen molar-refractivity contribution >= 4 is 0 Å². The summed E-state index contributed by atoms with van der Waals surface area (Å²) in [5, 5.41) is 3.52. The van der Waals surface area contributed by atoms with Crippen LogP contribution in [-0.2, 0) is 0 Å². The Morgan fingerprint density at radius 3 is 2.43 bits per heavy atom. The molecule has 0 aliphatic rings. The second-order valence-corrected chi connectivity index (χ2v) is 3.94. The van der Waals surface area contributed by atoms with Gasteiger partial charge in [-0.2, -0.15) is 0 Å². The monoisotopic (exact) mass is 191 g/mol. The first-order valence-corrected chi connectivity index (χ1v) is 5.54. The van der Waals surface area contributed by atoms with Crippen molar-refractivity contribution in [1.82, 2.24) is 5.32 Å². The second kappa shape index (κ2) is 5.82. The minimum atomic E-state index is 0.474. The van der Waals surface area contributed by atoms with Gasteiger partial charge < -0.3 is 5.32 Å². The van der Waals surface area contributed by atoms with Crippen molar-refractivity contribution < 1.29 is 0 Å². The lowest BCUT2D eigenvalue weighted by Crippen LogP contribution is -2.19. The van der Waals surface area contributed by atoms with Gasteiger partial charge in [-0.05, 0) is 32.4 Å². The van der Waals surface area contributed by atoms with Crippen LogP contribution in [0, 0.1) is 6.92 Å². The van der Waals surface area contributed by atoms with Crippen molar-refractivity contribution in [1.29, 1.82) is 0 Å². The van der Waals surface area contributed by atoms with Crippen LogP contribution in [0.2, 0.25) is 0 Å². The topological polar surface area (TPSA) is 12.0 Å². The van der Waals surface area contributed by atoms with Crippen molar-refractivity contribution in [2.24, 2.45) is 0 Å². The van der Waals surface area contributed by atoms with E-state index in [9.17, 15) is 0 Å². The van der Waals surface area contributed by atoms with Gasteiger partial charge in [-0.3, -0.25) is 0 Å². The molecule has 0 bridgehead atoms. The minimum absolute atomic E-state index is 0.474. The van der Waals surface area contributed by atoms with Crippen molar-refractivity contribution in [3.8, 4) is 0 Å². The predicted molar refractivity (Wildman–Crippen MR) is 62.5 cm³/mol. The summed E-state index contributed by atoms with van der Waals surface area (Å²) in [7, 11) is 0. The molecule has 1 N–H and O–H groups in total. The highest BCUT2D eigenvalue weighted by molar-refractivity contribution is 5.23. The van der Waals surface area contributed by atoms with Gasteiger partial charge in [0.15, 0.2) is 0 Å². The van der Waals surface area contributed by atoms with Crippen LogP contribution in [-0.4, -0.2) is 6.54 Å². The van der Waals surface area contributed by atoms with Crippen LogP contribution < -0.4 is 5.32 Å². The Kier molecular flexibility index (Phi) is 4.68. The molecule has 1 atom stereocenters. The standard InChI is InChI=1S/C13H21N/c1-4-5-10-14-12(3)13-8-6-11(2)7-9-13/h6-9,12,14H,4-5,10H2,1-3H3/t12-/m0/s1. The van der Waals surface area contributed by atoms with E-state index < -0.39 is 0 Å². The molecule has 78 valence electrons. The molecule has 0 saturated heterocycles. The zero-order chi connectivity index (χ0) is 10.4. The number of aryl methyl sites for hydroxylation is 1. The maximum absolute atomic E-state index is 3.52. The fourth-order valence-electron chi connectivity index (χ4n) is 1.47. The fraction of sp³-hybridized carbons (Fsp3) is 0.538. The van der Waals surface area contributed by atoms with Crippen molar-refractivity contribution in [3.05, 3.63) is 35.4 Å². The van der Waals surface area contributed by atoms with Gasteiger partial charge in [0.2, 0.25) is 0 Å². The largest absolute Gasteiger partial charge is 0.310 e. The molecule has 0 heterocycles. The third-order valence-corrected chi connectivity index (χ3v) is 2.56. The summed E-state index contributed by atoms with van der Waals surface area (Å²) >= 11 is 0. The number of hydrogen-bond acceptors (Lipinski definition) is 1. The van der Waals surface area contributed by atoms with Crippen LogP contribution in [0.5, 0.6) is 0 Å². The molecule has 0 aliphatic heterocycles. The second-order valence-electron chi connectivity index (χ2n) is 3.94. The maximum Gasteiger partial charge on any atom is 0.0291 e. The molecule has 0 aromatic heterocycles. The Morgan fingerprint density at radius 2 is 1.86 bits per heavy atom. The molecule has 14 heavy (non-hydrogen) atoms. The lowest BCUT2D eigenvalue weighted by Gasteiger charge is -2.13. The first-order valence-electron chi connectivity index (χ1n) is 5.54. The number of unbranched alkanes of at least 4 members (excludes halogenated alkanes) is 1. The Balaban J connectivity index is 2.43. The number of nitrogens with one attached hydrogen (secondary N) is 1. The Morgan fingerprint density at radius 1 is 1.21 bits per heavy atom. The highest BCUT2D eigenvalue weighted by atomic mass is 14.9. The van der Waals surface area contributed by atoms with Gasteiger partial charge >= 0.3 is 0 Å². The molecule has 1 aromatic rings. The van der Waals surface area contributed by atoms with E-state index in [1.54, 1.807) is 0 Å².